The first-order valence-electron chi connectivity index (χ1n) is 15.0. The van der Waals surface area contributed by atoms with Crippen molar-refractivity contribution in [2.24, 2.45) is 23.7 Å². The molecule has 9 heteroatoms. The average Bonchev–Trinajstić information content (AvgIpc) is 3.61. The van der Waals surface area contributed by atoms with Crippen LogP contribution in [0, 0.1) is 23.7 Å². The smallest absolute Gasteiger partial charge is 0.246 e. The summed E-state index contributed by atoms with van der Waals surface area (Å²) in [6, 6.07) is 13.5. The van der Waals surface area contributed by atoms with E-state index in [-0.39, 0.29) is 30.3 Å². The van der Waals surface area contributed by atoms with Crippen LogP contribution in [-0.4, -0.2) is 53.0 Å². The number of halogens is 1. The molecule has 3 aliphatic heterocycles. The number of carbonyl (C=O) groups excluding carboxylic acids is 3. The van der Waals surface area contributed by atoms with Gasteiger partial charge in [-0.1, -0.05) is 68.6 Å². The lowest BCUT2D eigenvalue weighted by Gasteiger charge is -2.38. The topological polar surface area (TPSA) is 97.0 Å². The molecule has 0 unspecified atom stereocenters. The molecular formula is C33H38ClN3O5. The highest BCUT2D eigenvalue weighted by Crippen LogP contribution is 2.55. The fraction of sp³-hybridized carbons (Fsp3) is 0.485. The molecule has 8 nitrogen and oxygen atoms in total. The van der Waals surface area contributed by atoms with E-state index < -0.39 is 29.6 Å². The lowest BCUT2D eigenvalue weighted by molar-refractivity contribution is -0.142. The van der Waals surface area contributed by atoms with E-state index >= 15 is 0 Å². The molecule has 2 saturated heterocycles. The predicted molar refractivity (Wildman–Crippen MR) is 160 cm³/mol. The maximum Gasteiger partial charge on any atom is 0.246 e. The molecule has 222 valence electrons. The van der Waals surface area contributed by atoms with Crippen molar-refractivity contribution in [3.63, 3.8) is 0 Å². The van der Waals surface area contributed by atoms with Crippen LogP contribution in [0.15, 0.2) is 60.7 Å². The number of anilines is 1. The lowest BCUT2D eigenvalue weighted by Crippen LogP contribution is -2.57. The van der Waals surface area contributed by atoms with Gasteiger partial charge in [-0.05, 0) is 55.5 Å². The average molecular weight is 592 g/mol. The number of amides is 3. The number of ether oxygens (including phenoxy) is 2. The van der Waals surface area contributed by atoms with E-state index in [2.05, 4.69) is 24.5 Å². The van der Waals surface area contributed by atoms with E-state index in [4.69, 9.17) is 21.1 Å². The van der Waals surface area contributed by atoms with Crippen LogP contribution in [0.2, 0.25) is 5.02 Å². The number of likely N-dealkylation sites (tertiary alicyclic amines) is 1. The van der Waals surface area contributed by atoms with Gasteiger partial charge in [0.15, 0.2) is 0 Å². The van der Waals surface area contributed by atoms with Crippen LogP contribution < -0.4 is 15.4 Å². The molecule has 6 rings (SSSR count). The highest BCUT2D eigenvalue weighted by Gasteiger charge is 2.72. The van der Waals surface area contributed by atoms with Crippen LogP contribution in [-0.2, 0) is 25.7 Å². The van der Waals surface area contributed by atoms with Crippen molar-refractivity contribution < 1.29 is 23.9 Å². The molecule has 3 heterocycles. The molecule has 1 spiro atoms. The summed E-state index contributed by atoms with van der Waals surface area (Å²) < 4.78 is 12.4. The highest BCUT2D eigenvalue weighted by molar-refractivity contribution is 6.30. The SMILES string of the molecule is CCOc1ccccc1CN1C(=O)[C@@H]2[C@H](C(=O)Nc3ccc(Cl)cc3)[C@@H]3C=C[C@@]2(O3)[C@@H]1C(=O)N[C@@H]1CCC[C@H](C)[C@H]1C. The molecule has 2 aromatic rings. The Morgan fingerprint density at radius 1 is 1.10 bits per heavy atom. The molecule has 2 aromatic carbocycles. The van der Waals surface area contributed by atoms with Crippen LogP contribution >= 0.6 is 11.6 Å². The van der Waals surface area contributed by atoms with E-state index in [1.165, 1.54) is 0 Å². The van der Waals surface area contributed by atoms with E-state index in [9.17, 15) is 14.4 Å². The number of nitrogens with one attached hydrogen (secondary N) is 2. The minimum Gasteiger partial charge on any atom is -0.494 e. The van der Waals surface area contributed by atoms with Gasteiger partial charge in [-0.15, -0.1) is 0 Å². The first-order chi connectivity index (χ1) is 20.2. The fourth-order valence-corrected chi connectivity index (χ4v) is 7.48. The van der Waals surface area contributed by atoms with Crippen molar-refractivity contribution in [2.45, 2.75) is 70.4 Å². The molecule has 4 aliphatic rings. The van der Waals surface area contributed by atoms with Crippen molar-refractivity contribution in [1.82, 2.24) is 10.2 Å². The molecule has 3 fully saturated rings. The Hall–Kier alpha value is -3.36. The number of benzene rings is 2. The number of hydrogen-bond acceptors (Lipinski definition) is 5. The maximum atomic E-state index is 14.4. The van der Waals surface area contributed by atoms with Gasteiger partial charge in [0.1, 0.15) is 17.4 Å². The van der Waals surface area contributed by atoms with E-state index in [1.807, 2.05) is 43.3 Å². The van der Waals surface area contributed by atoms with Gasteiger partial charge in [-0.3, -0.25) is 14.4 Å². The van der Waals surface area contributed by atoms with Gasteiger partial charge >= 0.3 is 0 Å². The van der Waals surface area contributed by atoms with Crippen LogP contribution in [0.1, 0.15) is 45.6 Å². The number of para-hydroxylation sites is 1. The summed E-state index contributed by atoms with van der Waals surface area (Å²) in [5, 5.41) is 6.80. The summed E-state index contributed by atoms with van der Waals surface area (Å²) in [6.07, 6.45) is 6.15. The molecule has 1 aliphatic carbocycles. The molecule has 3 amide bonds. The van der Waals surface area contributed by atoms with Gasteiger partial charge in [0, 0.05) is 22.3 Å². The van der Waals surface area contributed by atoms with Gasteiger partial charge in [0.05, 0.1) is 31.1 Å². The molecule has 0 radical (unpaired) electrons. The first-order valence-corrected chi connectivity index (χ1v) is 15.4. The Bertz CT molecular complexity index is 1400. The minimum atomic E-state index is -1.24. The van der Waals surface area contributed by atoms with Crippen molar-refractivity contribution in [3.8, 4) is 5.75 Å². The first kappa shape index (κ1) is 28.7. The summed E-state index contributed by atoms with van der Waals surface area (Å²) in [5.74, 6) is -0.981. The van der Waals surface area contributed by atoms with Crippen LogP contribution in [0.3, 0.4) is 0 Å². The van der Waals surface area contributed by atoms with Gasteiger partial charge < -0.3 is 25.0 Å². The van der Waals surface area contributed by atoms with Crippen molar-refractivity contribution in [1.29, 1.82) is 0 Å². The summed E-state index contributed by atoms with van der Waals surface area (Å²) in [7, 11) is 0. The van der Waals surface area contributed by atoms with Crippen LogP contribution in [0.5, 0.6) is 5.75 Å². The number of rotatable bonds is 8. The standard InChI is InChI=1S/C33H38ClN3O5/c1-4-41-25-11-6-5-9-21(25)18-37-29(31(39)36-24-10-7-8-19(2)20(24)3)33-17-16-26(42-33)27(28(33)32(37)40)30(38)35-23-14-12-22(34)13-15-23/h5-6,9,11-17,19-20,24,26-29H,4,7-8,10,18H2,1-3H3,(H,35,38)(H,36,39)/t19-,20+,24+,26-,27+,28-,29-,33-/m0/s1. The number of nitrogens with zero attached hydrogens (tertiary/aromatic N) is 1. The molecular weight excluding hydrogens is 554 g/mol. The van der Waals surface area contributed by atoms with Crippen LogP contribution in [0.4, 0.5) is 5.69 Å². The zero-order valence-corrected chi connectivity index (χ0v) is 25.0. The second-order valence-corrected chi connectivity index (χ2v) is 12.5. The highest BCUT2D eigenvalue weighted by atomic mass is 35.5. The molecule has 8 atom stereocenters. The van der Waals surface area contributed by atoms with E-state index in [0.29, 0.717) is 34.9 Å². The van der Waals surface area contributed by atoms with E-state index in [1.54, 1.807) is 29.2 Å². The monoisotopic (exact) mass is 591 g/mol. The predicted octanol–water partition coefficient (Wildman–Crippen LogP) is 4.97. The molecule has 0 aromatic heterocycles. The summed E-state index contributed by atoms with van der Waals surface area (Å²) in [5.41, 5.74) is 0.132. The van der Waals surface area contributed by atoms with Crippen molar-refractivity contribution >= 4 is 35.0 Å². The summed E-state index contributed by atoms with van der Waals surface area (Å²) in [4.78, 5) is 44.0. The lowest BCUT2D eigenvalue weighted by atomic mass is 9.73. The third-order valence-electron chi connectivity index (χ3n) is 9.68. The van der Waals surface area contributed by atoms with Gasteiger partial charge in [0.2, 0.25) is 17.7 Å². The quantitative estimate of drug-likeness (QED) is 0.423. The third-order valence-corrected chi connectivity index (χ3v) is 9.94. The number of carbonyl (C=O) groups is 3. The van der Waals surface area contributed by atoms with Crippen molar-refractivity contribution in [2.75, 3.05) is 11.9 Å². The normalized spacial score (nSPS) is 33.0. The van der Waals surface area contributed by atoms with Crippen molar-refractivity contribution in [3.05, 3.63) is 71.3 Å². The Morgan fingerprint density at radius 2 is 1.86 bits per heavy atom. The Balaban J connectivity index is 1.34. The van der Waals surface area contributed by atoms with Gasteiger partial charge in [-0.25, -0.2) is 0 Å². The number of hydrogen-bond donors (Lipinski definition) is 2. The molecule has 2 bridgehead atoms. The second-order valence-electron chi connectivity index (χ2n) is 12.1. The van der Waals surface area contributed by atoms with Gasteiger partial charge in [0.25, 0.3) is 0 Å². The number of fused-ring (bicyclic) bond motifs is 1. The maximum absolute atomic E-state index is 14.4. The zero-order chi connectivity index (χ0) is 29.6. The Labute approximate surface area is 251 Å². The molecule has 42 heavy (non-hydrogen) atoms. The Morgan fingerprint density at radius 3 is 2.62 bits per heavy atom. The van der Waals surface area contributed by atoms with E-state index in [0.717, 1.165) is 24.8 Å². The Kier molecular flexibility index (Phi) is 7.79. The van der Waals surface area contributed by atoms with Crippen LogP contribution in [0.25, 0.3) is 0 Å². The largest absolute Gasteiger partial charge is 0.494 e. The fourth-order valence-electron chi connectivity index (χ4n) is 7.36. The summed E-state index contributed by atoms with van der Waals surface area (Å²) in [6.45, 7) is 6.95. The second kappa shape index (κ2) is 11.4. The third kappa shape index (κ3) is 4.88. The minimum absolute atomic E-state index is 0.0101. The zero-order valence-electron chi connectivity index (χ0n) is 24.2. The van der Waals surface area contributed by atoms with Gasteiger partial charge in [-0.2, -0.15) is 0 Å². The molecule has 1 saturated carbocycles. The summed E-state index contributed by atoms with van der Waals surface area (Å²) >= 11 is 6.03. The molecule has 2 N–H and O–H groups in total.